The Labute approximate surface area is 175 Å². The first kappa shape index (κ1) is 20.5. The van der Waals surface area contributed by atoms with Crippen LogP contribution in [-0.2, 0) is 20.7 Å². The number of aliphatic carboxylic acids is 1. The van der Waals surface area contributed by atoms with Gasteiger partial charge in [-0.05, 0) is 37.5 Å². The summed E-state index contributed by atoms with van der Waals surface area (Å²) in [6, 6.07) is 5.36. The van der Waals surface area contributed by atoms with Crippen molar-refractivity contribution in [1.82, 2.24) is 4.90 Å². The first-order valence-corrected chi connectivity index (χ1v) is 10.1. The predicted molar refractivity (Wildman–Crippen MR) is 107 cm³/mol. The number of carbonyl (C=O) groups is 2. The third kappa shape index (κ3) is 2.99. The Morgan fingerprint density at radius 3 is 2.67 bits per heavy atom. The van der Waals surface area contributed by atoms with E-state index < -0.39 is 29.5 Å². The Morgan fingerprint density at radius 1 is 1.30 bits per heavy atom. The smallest absolute Gasteiger partial charge is 0.230 e. The predicted octanol–water partition coefficient (Wildman–Crippen LogP) is 1.11. The van der Waals surface area contributed by atoms with Crippen LogP contribution in [0, 0.1) is 11.8 Å². The van der Waals surface area contributed by atoms with Gasteiger partial charge in [0.25, 0.3) is 0 Å². The van der Waals surface area contributed by atoms with E-state index in [1.807, 2.05) is 31.2 Å². The number of benzene rings is 1. The van der Waals surface area contributed by atoms with Crippen LogP contribution >= 0.6 is 0 Å². The highest BCUT2D eigenvalue weighted by molar-refractivity contribution is 5.91. The number of hydrogen-bond acceptors (Lipinski definition) is 6. The van der Waals surface area contributed by atoms with Gasteiger partial charge in [-0.25, -0.2) is 0 Å². The van der Waals surface area contributed by atoms with Gasteiger partial charge in [-0.3, -0.25) is 4.79 Å². The van der Waals surface area contributed by atoms with Crippen LogP contribution in [0.2, 0.25) is 0 Å². The molecule has 2 fully saturated rings. The molecule has 7 nitrogen and oxygen atoms in total. The topological polar surface area (TPSA) is 88.1 Å². The van der Waals surface area contributed by atoms with Crippen LogP contribution in [0.15, 0.2) is 42.5 Å². The molecule has 1 aromatic carbocycles. The highest BCUT2D eigenvalue weighted by Gasteiger charge is 2.69. The van der Waals surface area contributed by atoms with Gasteiger partial charge in [-0.2, -0.15) is 0 Å². The zero-order valence-electron chi connectivity index (χ0n) is 17.4. The molecule has 2 bridgehead atoms. The van der Waals surface area contributed by atoms with Gasteiger partial charge in [0, 0.05) is 18.4 Å². The molecule has 0 radical (unpaired) electrons. The van der Waals surface area contributed by atoms with Crippen molar-refractivity contribution in [2.75, 3.05) is 20.8 Å². The SMILES string of the molecule is C=C(C)C[C@H]1N(CCc2ccc(OC)c(OC)c2)C(=O)[C@H]2[C@H](C(=O)[O-])[C@H]3C=C[C@]21O3. The normalized spacial score (nSPS) is 31.2. The molecule has 2 saturated heterocycles. The van der Waals surface area contributed by atoms with E-state index in [-0.39, 0.29) is 11.9 Å². The second-order valence-corrected chi connectivity index (χ2v) is 8.27. The molecule has 3 aliphatic heterocycles. The second-order valence-electron chi connectivity index (χ2n) is 8.27. The summed E-state index contributed by atoms with van der Waals surface area (Å²) in [5.74, 6) is -1.88. The molecule has 1 spiro atoms. The fraction of sp³-hybridized carbons (Fsp3) is 0.478. The summed E-state index contributed by atoms with van der Waals surface area (Å²) in [5, 5.41) is 11.8. The van der Waals surface area contributed by atoms with E-state index in [1.54, 1.807) is 25.2 Å². The zero-order chi connectivity index (χ0) is 21.6. The lowest BCUT2D eigenvalue weighted by Crippen LogP contribution is -2.46. The number of nitrogens with zero attached hydrogens (tertiary/aromatic N) is 1. The fourth-order valence-corrected chi connectivity index (χ4v) is 5.14. The van der Waals surface area contributed by atoms with Gasteiger partial charge in [0.2, 0.25) is 5.91 Å². The maximum Gasteiger partial charge on any atom is 0.230 e. The Morgan fingerprint density at radius 2 is 2.03 bits per heavy atom. The van der Waals surface area contributed by atoms with Crippen LogP contribution in [0.25, 0.3) is 0 Å². The van der Waals surface area contributed by atoms with Crippen molar-refractivity contribution in [2.24, 2.45) is 11.8 Å². The summed E-state index contributed by atoms with van der Waals surface area (Å²) in [7, 11) is 3.16. The first-order chi connectivity index (χ1) is 14.3. The minimum Gasteiger partial charge on any atom is -0.550 e. The number of hydrogen-bond donors (Lipinski definition) is 0. The van der Waals surface area contributed by atoms with E-state index in [1.165, 1.54) is 0 Å². The molecule has 160 valence electrons. The van der Waals surface area contributed by atoms with Crippen molar-refractivity contribution in [3.63, 3.8) is 0 Å². The van der Waals surface area contributed by atoms with E-state index in [9.17, 15) is 14.7 Å². The van der Waals surface area contributed by atoms with Gasteiger partial charge in [0.1, 0.15) is 5.60 Å². The Balaban J connectivity index is 1.61. The molecule has 0 aromatic heterocycles. The van der Waals surface area contributed by atoms with E-state index in [2.05, 4.69) is 6.58 Å². The minimum absolute atomic E-state index is 0.192. The third-order valence-electron chi connectivity index (χ3n) is 6.44. The highest BCUT2D eigenvalue weighted by Crippen LogP contribution is 2.55. The summed E-state index contributed by atoms with van der Waals surface area (Å²) in [6.45, 7) is 6.35. The Kier molecular flexibility index (Phi) is 5.10. The second kappa shape index (κ2) is 7.47. The largest absolute Gasteiger partial charge is 0.550 e. The molecule has 5 atom stereocenters. The van der Waals surface area contributed by atoms with Gasteiger partial charge in [-0.1, -0.05) is 23.8 Å². The number of amides is 1. The summed E-state index contributed by atoms with van der Waals surface area (Å²) in [4.78, 5) is 26.9. The minimum atomic E-state index is -1.24. The van der Waals surface area contributed by atoms with Crippen LogP contribution in [-0.4, -0.2) is 55.3 Å². The Bertz CT molecular complexity index is 924. The molecular weight excluding hydrogens is 386 g/mol. The average molecular weight is 412 g/mol. The molecular formula is C23H26NO6-. The summed E-state index contributed by atoms with van der Waals surface area (Å²) in [6.07, 6.45) is 4.16. The molecule has 1 amide bonds. The lowest BCUT2D eigenvalue weighted by molar-refractivity contribution is -0.313. The monoisotopic (exact) mass is 412 g/mol. The van der Waals surface area contributed by atoms with Gasteiger partial charge in [0.15, 0.2) is 11.5 Å². The van der Waals surface area contributed by atoms with Crippen LogP contribution in [0.1, 0.15) is 18.9 Å². The van der Waals surface area contributed by atoms with Crippen molar-refractivity contribution in [2.45, 2.75) is 37.5 Å². The Hall–Kier alpha value is -2.80. The molecule has 4 rings (SSSR count). The lowest BCUT2D eigenvalue weighted by atomic mass is 9.74. The molecule has 0 N–H and O–H groups in total. The van der Waals surface area contributed by atoms with Crippen LogP contribution < -0.4 is 14.6 Å². The fourth-order valence-electron chi connectivity index (χ4n) is 5.14. The van der Waals surface area contributed by atoms with Crippen LogP contribution in [0.5, 0.6) is 11.5 Å². The van der Waals surface area contributed by atoms with Crippen molar-refractivity contribution in [3.05, 3.63) is 48.1 Å². The number of rotatable bonds is 8. The third-order valence-corrected chi connectivity index (χ3v) is 6.44. The van der Waals surface area contributed by atoms with Crippen molar-refractivity contribution in [1.29, 1.82) is 0 Å². The first-order valence-electron chi connectivity index (χ1n) is 10.1. The maximum atomic E-state index is 13.4. The van der Waals surface area contributed by atoms with E-state index in [0.717, 1.165) is 11.1 Å². The number of carbonyl (C=O) groups excluding carboxylic acids is 2. The number of likely N-dealkylation sites (tertiary alicyclic amines) is 1. The molecule has 1 aromatic rings. The number of ether oxygens (including phenoxy) is 3. The van der Waals surface area contributed by atoms with Gasteiger partial charge >= 0.3 is 0 Å². The van der Waals surface area contributed by atoms with E-state index in [0.29, 0.717) is 30.9 Å². The molecule has 3 heterocycles. The standard InChI is InChI=1S/C23H27NO6/c1-13(2)11-18-23-9-7-16(30-23)19(22(26)27)20(23)21(25)24(18)10-8-14-5-6-15(28-3)17(12-14)29-4/h5-7,9,12,16,18-20H,1,8,10-11H2,2-4H3,(H,26,27)/p-1/t16-,18-,19-,20-,23-/m1/s1. The quantitative estimate of drug-likeness (QED) is 0.595. The van der Waals surface area contributed by atoms with Crippen LogP contribution in [0.3, 0.4) is 0 Å². The zero-order valence-corrected chi connectivity index (χ0v) is 17.4. The summed E-state index contributed by atoms with van der Waals surface area (Å²) >= 11 is 0. The number of carboxylic acids is 1. The van der Waals surface area contributed by atoms with Crippen molar-refractivity contribution < 1.29 is 28.9 Å². The number of fused-ring (bicyclic) bond motifs is 1. The van der Waals surface area contributed by atoms with Gasteiger partial charge in [0.05, 0.1) is 32.3 Å². The van der Waals surface area contributed by atoms with Crippen LogP contribution in [0.4, 0.5) is 0 Å². The number of carboxylic acid groups (broad SMARTS) is 1. The molecule has 0 aliphatic carbocycles. The molecule has 30 heavy (non-hydrogen) atoms. The molecule has 0 saturated carbocycles. The van der Waals surface area contributed by atoms with Crippen molar-refractivity contribution >= 4 is 11.9 Å². The highest BCUT2D eigenvalue weighted by atomic mass is 16.5. The van der Waals surface area contributed by atoms with Gasteiger partial charge in [-0.15, -0.1) is 6.58 Å². The number of methoxy groups -OCH3 is 2. The molecule has 3 aliphatic rings. The molecule has 7 heteroatoms. The van der Waals surface area contributed by atoms with Gasteiger partial charge < -0.3 is 29.0 Å². The van der Waals surface area contributed by atoms with E-state index in [4.69, 9.17) is 14.2 Å². The maximum absolute atomic E-state index is 13.4. The van der Waals surface area contributed by atoms with E-state index >= 15 is 0 Å². The molecule has 0 unspecified atom stereocenters. The lowest BCUT2D eigenvalue weighted by Gasteiger charge is -2.33. The summed E-state index contributed by atoms with van der Waals surface area (Å²) < 4.78 is 16.8. The van der Waals surface area contributed by atoms with Crippen molar-refractivity contribution in [3.8, 4) is 11.5 Å². The summed E-state index contributed by atoms with van der Waals surface area (Å²) in [5.41, 5.74) is 0.973. The average Bonchev–Trinajstić information content (AvgIpc) is 3.35.